The first-order valence-corrected chi connectivity index (χ1v) is 13.6. The third-order valence-corrected chi connectivity index (χ3v) is 8.56. The molecule has 1 aromatic heterocycles. The number of alkyl halides is 3. The molecule has 0 radical (unpaired) electrons. The molecule has 38 heavy (non-hydrogen) atoms. The number of Topliss-reactive ketones (excluding diaryl/α,β-unsaturated/α-hetero) is 1. The lowest BCUT2D eigenvalue weighted by molar-refractivity contribution is -0.137. The molecule has 0 spiro atoms. The summed E-state index contributed by atoms with van der Waals surface area (Å²) in [5.41, 5.74) is 5.57. The van der Waals surface area contributed by atoms with Crippen molar-refractivity contribution in [2.75, 3.05) is 18.8 Å². The molecule has 1 aliphatic heterocycles. The van der Waals surface area contributed by atoms with Crippen LogP contribution < -0.4 is 11.4 Å². The van der Waals surface area contributed by atoms with Gasteiger partial charge in [0.25, 0.3) is 0 Å². The van der Waals surface area contributed by atoms with Gasteiger partial charge in [0.15, 0.2) is 5.78 Å². The largest absolute Gasteiger partial charge is 0.417 e. The Labute approximate surface area is 232 Å². The van der Waals surface area contributed by atoms with Crippen molar-refractivity contribution in [3.8, 4) is 11.3 Å². The van der Waals surface area contributed by atoms with Crippen molar-refractivity contribution in [1.29, 1.82) is 0 Å². The molecule has 5 rings (SSSR count). The molecular formula is C26H23Br2F3N4O3. The molecule has 12 heteroatoms. The Morgan fingerprint density at radius 2 is 1.66 bits per heavy atom. The van der Waals surface area contributed by atoms with Gasteiger partial charge in [-0.25, -0.2) is 4.79 Å². The van der Waals surface area contributed by atoms with E-state index < -0.39 is 17.4 Å². The van der Waals surface area contributed by atoms with Crippen LogP contribution in [0.2, 0.25) is 0 Å². The predicted octanol–water partition coefficient (Wildman–Crippen LogP) is 5.65. The van der Waals surface area contributed by atoms with Gasteiger partial charge in [0.2, 0.25) is 5.91 Å². The SMILES string of the molecule is Nc1c(Br)cc(C(=O)[C@@H]2C[C@H]2C(=O)N2CCC(n3cc(-c4ccccc4C(F)(F)F)[nH]c3=O)CC2)cc1Br. The van der Waals surface area contributed by atoms with E-state index in [1.165, 1.54) is 29.0 Å². The van der Waals surface area contributed by atoms with Crippen LogP contribution in [-0.2, 0) is 11.0 Å². The summed E-state index contributed by atoms with van der Waals surface area (Å²) in [6, 6.07) is 8.17. The maximum Gasteiger partial charge on any atom is 0.417 e. The minimum Gasteiger partial charge on any atom is -0.397 e. The zero-order valence-corrected chi connectivity index (χ0v) is 23.1. The fourth-order valence-electron chi connectivity index (χ4n) is 5.08. The number of benzene rings is 2. The Bertz CT molecular complexity index is 1450. The van der Waals surface area contributed by atoms with Gasteiger partial charge in [0.1, 0.15) is 0 Å². The topological polar surface area (TPSA) is 101 Å². The van der Waals surface area contributed by atoms with E-state index in [4.69, 9.17) is 5.73 Å². The molecule has 0 unspecified atom stereocenters. The second kappa shape index (κ2) is 10.0. The number of amides is 1. The lowest BCUT2D eigenvalue weighted by Gasteiger charge is -2.32. The number of nitrogens with zero attached hydrogens (tertiary/aromatic N) is 2. The zero-order valence-electron chi connectivity index (χ0n) is 19.9. The van der Waals surface area contributed by atoms with E-state index in [-0.39, 0.29) is 40.8 Å². The first-order valence-electron chi connectivity index (χ1n) is 12.0. The predicted molar refractivity (Wildman–Crippen MR) is 143 cm³/mol. The smallest absolute Gasteiger partial charge is 0.397 e. The number of halogens is 5. The van der Waals surface area contributed by atoms with Crippen LogP contribution in [0.25, 0.3) is 11.3 Å². The molecule has 3 N–H and O–H groups in total. The normalized spacial score (nSPS) is 20.0. The third kappa shape index (κ3) is 5.07. The van der Waals surface area contributed by atoms with Gasteiger partial charge >= 0.3 is 11.9 Å². The number of aromatic nitrogens is 2. The van der Waals surface area contributed by atoms with Crippen LogP contribution in [-0.4, -0.2) is 39.2 Å². The van der Waals surface area contributed by atoms with Gasteiger partial charge in [-0.2, -0.15) is 13.2 Å². The van der Waals surface area contributed by atoms with Gasteiger partial charge < -0.3 is 15.6 Å². The number of hydrogen-bond acceptors (Lipinski definition) is 4. The fraction of sp³-hybridized carbons (Fsp3) is 0.346. The van der Waals surface area contributed by atoms with Gasteiger partial charge in [0.05, 0.1) is 16.9 Å². The van der Waals surface area contributed by atoms with Gasteiger partial charge in [-0.05, 0) is 69.3 Å². The van der Waals surface area contributed by atoms with Crippen molar-refractivity contribution in [3.63, 3.8) is 0 Å². The van der Waals surface area contributed by atoms with E-state index in [9.17, 15) is 27.6 Å². The molecule has 1 saturated heterocycles. The monoisotopic (exact) mass is 654 g/mol. The fourth-order valence-corrected chi connectivity index (χ4v) is 6.27. The summed E-state index contributed by atoms with van der Waals surface area (Å²) in [5.74, 6) is -0.956. The van der Waals surface area contributed by atoms with Crippen LogP contribution in [0.15, 0.2) is 56.3 Å². The Balaban J connectivity index is 1.23. The third-order valence-electron chi connectivity index (χ3n) is 7.24. The summed E-state index contributed by atoms with van der Waals surface area (Å²) < 4.78 is 43.0. The van der Waals surface area contributed by atoms with Gasteiger partial charge in [-0.15, -0.1) is 0 Å². The van der Waals surface area contributed by atoms with Crippen LogP contribution in [0.5, 0.6) is 0 Å². The maximum absolute atomic E-state index is 13.4. The number of nitrogens with two attached hydrogens (primary N) is 1. The minimum atomic E-state index is -4.55. The second-order valence-electron chi connectivity index (χ2n) is 9.65. The van der Waals surface area contributed by atoms with Crippen LogP contribution >= 0.6 is 31.9 Å². The van der Waals surface area contributed by atoms with Crippen LogP contribution in [0.4, 0.5) is 18.9 Å². The van der Waals surface area contributed by atoms with Gasteiger partial charge in [-0.1, -0.05) is 18.2 Å². The number of hydrogen-bond donors (Lipinski definition) is 2. The number of rotatable bonds is 5. The van der Waals surface area contributed by atoms with E-state index in [0.717, 1.165) is 6.07 Å². The summed E-state index contributed by atoms with van der Waals surface area (Å²) in [6.45, 7) is 0.790. The van der Waals surface area contributed by atoms with Gasteiger partial charge in [0, 0.05) is 57.2 Å². The van der Waals surface area contributed by atoms with Crippen molar-refractivity contribution in [2.45, 2.75) is 31.5 Å². The maximum atomic E-state index is 13.4. The average molecular weight is 656 g/mol. The summed E-state index contributed by atoms with van der Waals surface area (Å²) >= 11 is 6.68. The molecule has 1 aliphatic carbocycles. The Morgan fingerprint density at radius 3 is 2.29 bits per heavy atom. The Morgan fingerprint density at radius 1 is 1.03 bits per heavy atom. The molecule has 2 aromatic carbocycles. The minimum absolute atomic E-state index is 0.0865. The molecule has 2 aliphatic rings. The highest BCUT2D eigenvalue weighted by Crippen LogP contribution is 2.44. The average Bonchev–Trinajstić information content (AvgIpc) is 3.60. The standard InChI is InChI=1S/C26H23Br2F3N4O3/c27-19-9-13(10-20(28)22(19)32)23(36)16-11-17(16)24(37)34-7-5-14(6-8-34)35-12-21(33-25(35)38)15-3-1-2-4-18(15)26(29,30)31/h1-4,9-10,12,14,16-17H,5-8,11,32H2,(H,33,38)/t16-,17-/m1/s1. The van der Waals surface area contributed by atoms with Crippen molar-refractivity contribution >= 4 is 49.2 Å². The number of carbonyl (C=O) groups is 2. The van der Waals surface area contributed by atoms with E-state index in [2.05, 4.69) is 36.8 Å². The molecule has 2 atom stereocenters. The van der Waals surface area contributed by atoms with Crippen molar-refractivity contribution in [3.05, 3.63) is 73.2 Å². The first kappa shape index (κ1) is 26.7. The van der Waals surface area contributed by atoms with Crippen LogP contribution in [0, 0.1) is 11.8 Å². The summed E-state index contributed by atoms with van der Waals surface area (Å²) in [4.78, 5) is 42.9. The molecule has 0 bridgehead atoms. The number of aromatic amines is 1. The van der Waals surface area contributed by atoms with E-state index in [0.29, 0.717) is 52.5 Å². The van der Waals surface area contributed by atoms with E-state index >= 15 is 0 Å². The van der Waals surface area contributed by atoms with E-state index in [1.54, 1.807) is 17.0 Å². The lowest BCUT2D eigenvalue weighted by atomic mass is 10.0. The number of imidazole rings is 1. The highest BCUT2D eigenvalue weighted by molar-refractivity contribution is 9.11. The van der Waals surface area contributed by atoms with Crippen LogP contribution in [0.1, 0.15) is 41.2 Å². The summed E-state index contributed by atoms with van der Waals surface area (Å²) in [7, 11) is 0. The number of nitrogens with one attached hydrogen (secondary N) is 1. The molecule has 1 saturated carbocycles. The number of anilines is 1. The number of H-pyrrole nitrogens is 1. The molecule has 7 nitrogen and oxygen atoms in total. The number of likely N-dealkylation sites (tertiary alicyclic amines) is 1. The first-order chi connectivity index (χ1) is 18.0. The Hall–Kier alpha value is -2.86. The number of ketones is 1. The quantitative estimate of drug-likeness (QED) is 0.274. The van der Waals surface area contributed by atoms with Crippen molar-refractivity contribution < 1.29 is 22.8 Å². The van der Waals surface area contributed by atoms with Crippen LogP contribution in [0.3, 0.4) is 0 Å². The number of piperidine rings is 1. The number of carbonyl (C=O) groups excluding carboxylic acids is 2. The molecule has 1 amide bonds. The molecule has 3 aromatic rings. The molecular weight excluding hydrogens is 633 g/mol. The summed E-state index contributed by atoms with van der Waals surface area (Å²) in [5, 5.41) is 0. The van der Waals surface area contributed by atoms with Gasteiger partial charge in [-0.3, -0.25) is 14.2 Å². The Kier molecular flexibility index (Phi) is 7.06. The van der Waals surface area contributed by atoms with Crippen molar-refractivity contribution in [1.82, 2.24) is 14.5 Å². The highest BCUT2D eigenvalue weighted by atomic mass is 79.9. The summed E-state index contributed by atoms with van der Waals surface area (Å²) in [6.07, 6.45) is -1.69. The van der Waals surface area contributed by atoms with E-state index in [1.807, 2.05) is 0 Å². The zero-order chi connectivity index (χ0) is 27.4. The highest BCUT2D eigenvalue weighted by Gasteiger charge is 2.50. The van der Waals surface area contributed by atoms with Crippen molar-refractivity contribution in [2.24, 2.45) is 11.8 Å². The second-order valence-corrected chi connectivity index (χ2v) is 11.4. The molecule has 200 valence electrons. The number of nitrogen functional groups attached to an aromatic ring is 1. The molecule has 2 fully saturated rings. The molecule has 2 heterocycles. The lowest BCUT2D eigenvalue weighted by Crippen LogP contribution is -2.41.